The monoisotopic (exact) mass is 325 g/mol. The third-order valence-electron chi connectivity index (χ3n) is 5.63. The van der Waals surface area contributed by atoms with Crippen molar-refractivity contribution in [2.24, 2.45) is 5.92 Å². The van der Waals surface area contributed by atoms with Gasteiger partial charge in [0.05, 0.1) is 12.0 Å². The van der Waals surface area contributed by atoms with Crippen molar-refractivity contribution in [1.82, 2.24) is 4.90 Å². The highest BCUT2D eigenvalue weighted by Crippen LogP contribution is 2.37. The lowest BCUT2D eigenvalue weighted by atomic mass is 9.76. The summed E-state index contributed by atoms with van der Waals surface area (Å²) in [5, 5.41) is 21.2. The second kappa shape index (κ2) is 5.29. The second-order valence-electron chi connectivity index (χ2n) is 7.00. The average Bonchev–Trinajstić information content (AvgIpc) is 3.06. The van der Waals surface area contributed by atoms with Crippen molar-refractivity contribution in [2.75, 3.05) is 19.7 Å². The van der Waals surface area contributed by atoms with Crippen LogP contribution in [0, 0.1) is 5.92 Å². The first-order valence-corrected chi connectivity index (χ1v) is 7.91. The lowest BCUT2D eigenvalue weighted by Gasteiger charge is -2.39. The van der Waals surface area contributed by atoms with Gasteiger partial charge in [-0.05, 0) is 32.8 Å². The fourth-order valence-electron chi connectivity index (χ4n) is 3.52. The number of rotatable bonds is 0. The van der Waals surface area contributed by atoms with E-state index in [-0.39, 0.29) is 12.6 Å². The molecule has 0 saturated carbocycles. The summed E-state index contributed by atoms with van der Waals surface area (Å²) in [6.45, 7) is 5.46. The van der Waals surface area contributed by atoms with E-state index in [1.807, 2.05) is 6.08 Å². The number of ether oxygens (including phenoxy) is 2. The summed E-state index contributed by atoms with van der Waals surface area (Å²) in [5.41, 5.74) is -3.32. The number of carbonyl (C=O) groups is 2. The van der Waals surface area contributed by atoms with Crippen molar-refractivity contribution in [3.05, 3.63) is 11.6 Å². The molecule has 3 heterocycles. The first-order chi connectivity index (χ1) is 10.7. The normalized spacial score (nSPS) is 44.9. The van der Waals surface area contributed by atoms with Crippen LogP contribution in [0.3, 0.4) is 0 Å². The van der Waals surface area contributed by atoms with E-state index in [1.54, 1.807) is 0 Å². The average molecular weight is 325 g/mol. The molecule has 0 bridgehead atoms. The van der Waals surface area contributed by atoms with Crippen LogP contribution in [0.4, 0.5) is 0 Å². The van der Waals surface area contributed by atoms with Gasteiger partial charge in [0, 0.05) is 13.1 Å². The smallest absolute Gasteiger partial charge is 0.341 e. The zero-order chi connectivity index (χ0) is 17.0. The van der Waals surface area contributed by atoms with Gasteiger partial charge in [-0.3, -0.25) is 9.69 Å². The first-order valence-electron chi connectivity index (χ1n) is 7.91. The Morgan fingerprint density at radius 1 is 1.30 bits per heavy atom. The van der Waals surface area contributed by atoms with Gasteiger partial charge in [-0.1, -0.05) is 6.08 Å². The Labute approximate surface area is 134 Å². The molecule has 0 aromatic rings. The van der Waals surface area contributed by atoms with Gasteiger partial charge >= 0.3 is 11.9 Å². The Hall–Kier alpha value is -1.44. The summed E-state index contributed by atoms with van der Waals surface area (Å²) in [5.74, 6) is -2.65. The lowest BCUT2D eigenvalue weighted by molar-refractivity contribution is -0.208. The van der Waals surface area contributed by atoms with Crippen molar-refractivity contribution in [3.8, 4) is 0 Å². The Morgan fingerprint density at radius 2 is 2.00 bits per heavy atom. The summed E-state index contributed by atoms with van der Waals surface area (Å²) in [6.07, 6.45) is 2.22. The predicted molar refractivity (Wildman–Crippen MR) is 79.3 cm³/mol. The van der Waals surface area contributed by atoms with Crippen LogP contribution >= 0.6 is 0 Å². The molecule has 3 rings (SSSR count). The molecule has 3 aliphatic rings. The van der Waals surface area contributed by atoms with Crippen LogP contribution in [0.1, 0.15) is 27.2 Å². The maximum Gasteiger partial charge on any atom is 0.341 e. The van der Waals surface area contributed by atoms with Gasteiger partial charge in [0.2, 0.25) is 0 Å². The second-order valence-corrected chi connectivity index (χ2v) is 7.00. The molecule has 5 unspecified atom stereocenters. The summed E-state index contributed by atoms with van der Waals surface area (Å²) in [7, 11) is 0. The van der Waals surface area contributed by atoms with E-state index in [1.165, 1.54) is 20.8 Å². The number of esters is 2. The van der Waals surface area contributed by atoms with Crippen molar-refractivity contribution in [1.29, 1.82) is 0 Å². The van der Waals surface area contributed by atoms with Gasteiger partial charge in [0.1, 0.15) is 18.3 Å². The van der Waals surface area contributed by atoms with Crippen molar-refractivity contribution in [3.63, 3.8) is 0 Å². The van der Waals surface area contributed by atoms with E-state index >= 15 is 0 Å². The summed E-state index contributed by atoms with van der Waals surface area (Å²) in [6, 6.07) is -0.124. The number of hydrogen-bond acceptors (Lipinski definition) is 7. The summed E-state index contributed by atoms with van der Waals surface area (Å²) < 4.78 is 10.8. The largest absolute Gasteiger partial charge is 0.461 e. The standard InChI is InChI=1S/C16H23NO6/c1-9-13(18)22-8-10-4-6-17-7-5-11(12(10)17)23-14(19)16(3,21)15(9,2)20/h4,9,11-12,20-21H,5-8H2,1-3H3. The fourth-order valence-corrected chi connectivity index (χ4v) is 3.52. The Morgan fingerprint density at radius 3 is 2.70 bits per heavy atom. The zero-order valence-corrected chi connectivity index (χ0v) is 13.6. The molecule has 128 valence electrons. The molecular formula is C16H23NO6. The van der Waals surface area contributed by atoms with Crippen molar-refractivity contribution >= 4 is 11.9 Å². The van der Waals surface area contributed by atoms with Crippen LogP contribution in [-0.4, -0.2) is 70.1 Å². The molecule has 3 aliphatic heterocycles. The molecule has 23 heavy (non-hydrogen) atoms. The summed E-state index contributed by atoms with van der Waals surface area (Å²) in [4.78, 5) is 26.9. The van der Waals surface area contributed by atoms with Gasteiger partial charge in [0.15, 0.2) is 5.60 Å². The molecule has 0 radical (unpaired) electrons. The highest BCUT2D eigenvalue weighted by molar-refractivity contribution is 5.83. The van der Waals surface area contributed by atoms with Crippen LogP contribution in [0.25, 0.3) is 0 Å². The molecule has 0 spiro atoms. The molecule has 2 fully saturated rings. The van der Waals surface area contributed by atoms with Crippen molar-refractivity contribution < 1.29 is 29.3 Å². The molecule has 5 atom stereocenters. The molecule has 0 aromatic carbocycles. The number of nitrogens with zero attached hydrogens (tertiary/aromatic N) is 1. The highest BCUT2D eigenvalue weighted by atomic mass is 16.6. The summed E-state index contributed by atoms with van der Waals surface area (Å²) >= 11 is 0. The van der Waals surface area contributed by atoms with E-state index in [0.717, 1.165) is 18.7 Å². The lowest BCUT2D eigenvalue weighted by Crippen LogP contribution is -2.61. The molecule has 2 N–H and O–H groups in total. The van der Waals surface area contributed by atoms with E-state index < -0.39 is 35.2 Å². The predicted octanol–water partition coefficient (Wildman–Crippen LogP) is -0.393. The maximum absolute atomic E-state index is 12.5. The van der Waals surface area contributed by atoms with E-state index in [0.29, 0.717) is 6.42 Å². The van der Waals surface area contributed by atoms with Crippen LogP contribution in [-0.2, 0) is 19.1 Å². The zero-order valence-electron chi connectivity index (χ0n) is 13.6. The number of aliphatic hydroxyl groups is 2. The Kier molecular flexibility index (Phi) is 3.78. The van der Waals surface area contributed by atoms with Crippen LogP contribution < -0.4 is 0 Å². The van der Waals surface area contributed by atoms with Crippen molar-refractivity contribution in [2.45, 2.75) is 50.5 Å². The minimum absolute atomic E-state index is 0.108. The van der Waals surface area contributed by atoms with E-state index in [4.69, 9.17) is 9.47 Å². The van der Waals surface area contributed by atoms with Gasteiger partial charge < -0.3 is 19.7 Å². The first kappa shape index (κ1) is 16.4. The van der Waals surface area contributed by atoms with E-state index in [2.05, 4.69) is 4.90 Å². The molecular weight excluding hydrogens is 302 g/mol. The molecule has 7 nitrogen and oxygen atoms in total. The molecule has 2 saturated heterocycles. The maximum atomic E-state index is 12.5. The minimum Gasteiger partial charge on any atom is -0.461 e. The molecule has 0 amide bonds. The van der Waals surface area contributed by atoms with Gasteiger partial charge in [-0.25, -0.2) is 4.79 Å². The third-order valence-corrected chi connectivity index (χ3v) is 5.63. The third kappa shape index (κ3) is 2.38. The van der Waals surface area contributed by atoms with Gasteiger partial charge in [-0.2, -0.15) is 0 Å². The van der Waals surface area contributed by atoms with Gasteiger partial charge in [-0.15, -0.1) is 0 Å². The topological polar surface area (TPSA) is 96.3 Å². The highest BCUT2D eigenvalue weighted by Gasteiger charge is 2.56. The molecule has 7 heteroatoms. The molecule has 0 aromatic heterocycles. The number of carbonyl (C=O) groups excluding carboxylic acids is 2. The number of cyclic esters (lactones) is 1. The van der Waals surface area contributed by atoms with Gasteiger partial charge in [0.25, 0.3) is 0 Å². The van der Waals surface area contributed by atoms with Crippen LogP contribution in [0.15, 0.2) is 11.6 Å². The molecule has 0 aliphatic carbocycles. The van der Waals surface area contributed by atoms with Crippen LogP contribution in [0.5, 0.6) is 0 Å². The Bertz CT molecular complexity index is 567. The van der Waals surface area contributed by atoms with Crippen LogP contribution in [0.2, 0.25) is 0 Å². The fraction of sp³-hybridized carbons (Fsp3) is 0.750. The number of hydrogen-bond donors (Lipinski definition) is 2. The minimum atomic E-state index is -2.22. The van der Waals surface area contributed by atoms with E-state index in [9.17, 15) is 19.8 Å². The SMILES string of the molecule is CC1C(=O)OCC2=CCN3CCC(OC(=O)C(C)(O)C1(C)O)C23. The quantitative estimate of drug-likeness (QED) is 0.462. The Balaban J connectivity index is 1.97.